The van der Waals surface area contributed by atoms with Crippen molar-refractivity contribution < 1.29 is 9.47 Å². The van der Waals surface area contributed by atoms with Crippen LogP contribution in [-0.2, 0) is 0 Å². The lowest BCUT2D eigenvalue weighted by molar-refractivity contribution is 0.415. The minimum Gasteiger partial charge on any atom is -0.497 e. The Hall–Kier alpha value is -9.76. The van der Waals surface area contributed by atoms with E-state index in [9.17, 15) is 0 Å². The summed E-state index contributed by atoms with van der Waals surface area (Å²) in [4.78, 5) is 0. The largest absolute Gasteiger partial charge is 0.497 e. The van der Waals surface area contributed by atoms with Crippen LogP contribution in [0.2, 0.25) is 0 Å². The highest BCUT2D eigenvalue weighted by atomic mass is 16.5. The second-order valence-corrected chi connectivity index (χ2v) is 20.8. The van der Waals surface area contributed by atoms with Crippen LogP contribution in [0.5, 0.6) is 11.5 Å². The van der Waals surface area contributed by atoms with Crippen LogP contribution in [0.15, 0.2) is 231 Å². The van der Waals surface area contributed by atoms with Gasteiger partial charge in [-0.15, -0.1) is 0 Å². The second-order valence-electron chi connectivity index (χ2n) is 20.8. The summed E-state index contributed by atoms with van der Waals surface area (Å²) in [6.07, 6.45) is 0. The molecule has 16 aromatic rings. The first-order chi connectivity index (χ1) is 37.7. The molecule has 0 amide bonds. The average molecular weight is 965 g/mol. The molecule has 17 rings (SSSR count). The third-order valence-corrected chi connectivity index (χ3v) is 17.2. The van der Waals surface area contributed by atoms with Crippen molar-refractivity contribution in [1.82, 2.24) is 0 Å². The van der Waals surface area contributed by atoms with Crippen molar-refractivity contribution in [3.8, 4) is 89.4 Å². The molecular formula is C74H44O2. The van der Waals surface area contributed by atoms with Gasteiger partial charge in [0.25, 0.3) is 0 Å². The molecule has 0 N–H and O–H groups in total. The number of rotatable bonds is 7. The van der Waals surface area contributed by atoms with Crippen LogP contribution in [-0.4, -0.2) is 14.2 Å². The lowest BCUT2D eigenvalue weighted by atomic mass is 9.82. The van der Waals surface area contributed by atoms with Crippen molar-refractivity contribution in [2.45, 2.75) is 0 Å². The maximum Gasteiger partial charge on any atom is 0.118 e. The third-order valence-electron chi connectivity index (χ3n) is 17.2. The van der Waals surface area contributed by atoms with Gasteiger partial charge in [-0.3, -0.25) is 0 Å². The average Bonchev–Trinajstić information content (AvgIpc) is 4.23. The van der Waals surface area contributed by atoms with Crippen LogP contribution in [0.25, 0.3) is 175 Å². The number of fused-ring (bicyclic) bond motifs is 11. The molecule has 0 spiro atoms. The Bertz CT molecular complexity index is 4870. The van der Waals surface area contributed by atoms with Gasteiger partial charge in [0, 0.05) is 0 Å². The predicted octanol–water partition coefficient (Wildman–Crippen LogP) is 20.4. The molecule has 0 heterocycles. The van der Waals surface area contributed by atoms with Gasteiger partial charge in [-0.2, -0.15) is 0 Å². The first kappa shape index (κ1) is 41.7. The molecule has 1 aliphatic rings. The number of ether oxygens (including phenoxy) is 2. The van der Waals surface area contributed by atoms with Gasteiger partial charge in [-0.1, -0.05) is 200 Å². The molecule has 0 aromatic heterocycles. The van der Waals surface area contributed by atoms with Gasteiger partial charge < -0.3 is 9.47 Å². The Morgan fingerprint density at radius 3 is 1.05 bits per heavy atom. The van der Waals surface area contributed by atoms with E-state index in [-0.39, 0.29) is 0 Å². The zero-order chi connectivity index (χ0) is 49.9. The van der Waals surface area contributed by atoms with E-state index in [1.54, 1.807) is 14.2 Å². The highest BCUT2D eigenvalue weighted by Gasteiger charge is 2.34. The van der Waals surface area contributed by atoms with Crippen LogP contribution in [0, 0.1) is 0 Å². The van der Waals surface area contributed by atoms with Crippen LogP contribution >= 0.6 is 0 Å². The quantitative estimate of drug-likeness (QED) is 0.117. The Morgan fingerprint density at radius 1 is 0.211 bits per heavy atom. The first-order valence-electron chi connectivity index (χ1n) is 26.3. The van der Waals surface area contributed by atoms with E-state index in [2.05, 4.69) is 231 Å². The third kappa shape index (κ3) is 5.39. The molecule has 0 fully saturated rings. The fourth-order valence-electron chi connectivity index (χ4n) is 14.2. The SMILES string of the molecule is COc1ccc(-c2c3c4cccc5cccc(c3c(-c3ccc(OC)cc3)c3c6ccc7c8ccc9c%10c(ccc(c%11ccc(c23)c6c%117)c%108)-c2c(-c3ccccc3)cc(-c3ccccc3)c(-c3ccccc3)c2-9)c54)cc1. The summed E-state index contributed by atoms with van der Waals surface area (Å²) in [5, 5.41) is 23.2. The minimum absolute atomic E-state index is 0.842. The zero-order valence-corrected chi connectivity index (χ0v) is 41.8. The maximum absolute atomic E-state index is 5.78. The summed E-state index contributed by atoms with van der Waals surface area (Å²) < 4.78 is 11.6. The second kappa shape index (κ2) is 15.4. The molecule has 0 unspecified atom stereocenters. The summed E-state index contributed by atoms with van der Waals surface area (Å²) in [6, 6.07) is 86.2. The standard InChI is InChI=1S/C74H44O2/c1-75-47-28-24-45(25-29-47)63-71-53-22-12-20-43-21-13-23-54(61(43)53)72(71)64(46-26-30-48(76-2)31-27-46)74-58-39-35-52-50-33-37-56-67-55(36-32-49(65(50)67)51-34-38-57(73(63)74)68(58)66(51)52)69-60(42-16-8-4-9-17-42)40-59(41-14-6-3-7-15-41)62(70(56)69)44-18-10-5-11-19-44/h3-40H,1-2H3. The highest BCUT2D eigenvalue weighted by Crippen LogP contribution is 2.61. The predicted molar refractivity (Wildman–Crippen MR) is 322 cm³/mol. The molecule has 1 aliphatic carbocycles. The van der Waals surface area contributed by atoms with E-state index in [4.69, 9.17) is 9.47 Å². The Morgan fingerprint density at radius 2 is 0.579 bits per heavy atom. The summed E-state index contributed by atoms with van der Waals surface area (Å²) in [5.74, 6) is 1.68. The Labute approximate surface area is 438 Å². The van der Waals surface area contributed by atoms with Crippen LogP contribution in [0.4, 0.5) is 0 Å². The molecule has 16 aromatic carbocycles. The number of hydrogen-bond donors (Lipinski definition) is 0. The van der Waals surface area contributed by atoms with E-state index in [0.29, 0.717) is 0 Å². The molecule has 0 atom stereocenters. The van der Waals surface area contributed by atoms with Gasteiger partial charge in [0.15, 0.2) is 0 Å². The lowest BCUT2D eigenvalue weighted by Gasteiger charge is -2.20. The van der Waals surface area contributed by atoms with Crippen LogP contribution in [0.1, 0.15) is 0 Å². The van der Waals surface area contributed by atoms with Gasteiger partial charge in [0.2, 0.25) is 0 Å². The topological polar surface area (TPSA) is 18.5 Å². The van der Waals surface area contributed by atoms with E-state index >= 15 is 0 Å². The van der Waals surface area contributed by atoms with Crippen molar-refractivity contribution in [2.24, 2.45) is 0 Å². The molecule has 0 radical (unpaired) electrons. The highest BCUT2D eigenvalue weighted by molar-refractivity contribution is 6.50. The Balaban J connectivity index is 1.03. The van der Waals surface area contributed by atoms with Crippen molar-refractivity contribution >= 4 is 97.0 Å². The van der Waals surface area contributed by atoms with Crippen LogP contribution in [0.3, 0.4) is 0 Å². The van der Waals surface area contributed by atoms with Gasteiger partial charge in [0.05, 0.1) is 14.2 Å². The molecule has 0 saturated carbocycles. The van der Waals surface area contributed by atoms with Gasteiger partial charge >= 0.3 is 0 Å². The van der Waals surface area contributed by atoms with Crippen LogP contribution < -0.4 is 9.47 Å². The fourth-order valence-corrected chi connectivity index (χ4v) is 14.2. The van der Waals surface area contributed by atoms with E-state index in [0.717, 1.165) is 11.5 Å². The van der Waals surface area contributed by atoms with Gasteiger partial charge in [0.1, 0.15) is 11.5 Å². The number of hydrogen-bond acceptors (Lipinski definition) is 2. The number of methoxy groups -OCH3 is 2. The molecule has 2 heteroatoms. The lowest BCUT2D eigenvalue weighted by Crippen LogP contribution is -1.94. The van der Waals surface area contributed by atoms with Crippen molar-refractivity contribution in [1.29, 1.82) is 0 Å². The van der Waals surface area contributed by atoms with E-state index in [1.165, 1.54) is 175 Å². The fraction of sp³-hybridized carbons (Fsp3) is 0.0270. The normalized spacial score (nSPS) is 12.3. The molecule has 0 bridgehead atoms. The molecule has 352 valence electrons. The summed E-state index contributed by atoms with van der Waals surface area (Å²) in [7, 11) is 3.49. The van der Waals surface area contributed by atoms with E-state index in [1.807, 2.05) is 0 Å². The number of benzene rings is 14. The monoisotopic (exact) mass is 964 g/mol. The van der Waals surface area contributed by atoms with Gasteiger partial charge in [-0.05, 0) is 205 Å². The summed E-state index contributed by atoms with van der Waals surface area (Å²) in [6.45, 7) is 0. The molecule has 0 aliphatic heterocycles. The summed E-state index contributed by atoms with van der Waals surface area (Å²) >= 11 is 0. The minimum atomic E-state index is 0.842. The van der Waals surface area contributed by atoms with Gasteiger partial charge in [-0.25, -0.2) is 0 Å². The van der Waals surface area contributed by atoms with Crippen molar-refractivity contribution in [3.63, 3.8) is 0 Å². The smallest absolute Gasteiger partial charge is 0.118 e. The molecule has 0 saturated heterocycles. The first-order valence-corrected chi connectivity index (χ1v) is 26.3. The zero-order valence-electron chi connectivity index (χ0n) is 41.8. The van der Waals surface area contributed by atoms with E-state index < -0.39 is 0 Å². The molecular weight excluding hydrogens is 921 g/mol. The van der Waals surface area contributed by atoms with Crippen molar-refractivity contribution in [3.05, 3.63) is 231 Å². The summed E-state index contributed by atoms with van der Waals surface area (Å²) in [5.41, 5.74) is 17.5. The molecule has 2 nitrogen and oxygen atoms in total. The molecule has 76 heavy (non-hydrogen) atoms. The maximum atomic E-state index is 5.78. The van der Waals surface area contributed by atoms with Crippen molar-refractivity contribution in [2.75, 3.05) is 14.2 Å². The Kier molecular flexibility index (Phi) is 8.44.